The minimum atomic E-state index is -0.132. The molecule has 2 amide bonds. The maximum atomic E-state index is 12.7. The number of carbonyl (C=O) groups is 2. The van der Waals surface area contributed by atoms with Crippen molar-refractivity contribution in [3.8, 4) is 0 Å². The van der Waals surface area contributed by atoms with E-state index in [-0.39, 0.29) is 24.0 Å². The lowest BCUT2D eigenvalue weighted by Gasteiger charge is -2.37. The second kappa shape index (κ2) is 6.50. The lowest BCUT2D eigenvalue weighted by Crippen LogP contribution is -2.49. The molecule has 2 aliphatic heterocycles. The van der Waals surface area contributed by atoms with Gasteiger partial charge in [-0.3, -0.25) is 9.59 Å². The fourth-order valence-corrected chi connectivity index (χ4v) is 2.98. The molecule has 0 bridgehead atoms. The van der Waals surface area contributed by atoms with E-state index < -0.39 is 0 Å². The molecule has 2 atom stereocenters. The Kier molecular flexibility index (Phi) is 4.43. The van der Waals surface area contributed by atoms with Gasteiger partial charge in [-0.25, -0.2) is 5.01 Å². The average molecular weight is 315 g/mol. The largest absolute Gasteiger partial charge is 0.367 e. The number of ether oxygens (including phenoxy) is 1. The van der Waals surface area contributed by atoms with Gasteiger partial charge in [0.2, 0.25) is 5.91 Å². The zero-order valence-electron chi connectivity index (χ0n) is 13.4. The van der Waals surface area contributed by atoms with Crippen LogP contribution in [0.3, 0.4) is 0 Å². The molecule has 1 aromatic rings. The molecule has 6 nitrogen and oxygen atoms in total. The van der Waals surface area contributed by atoms with Gasteiger partial charge < -0.3 is 9.64 Å². The first-order chi connectivity index (χ1) is 11.0. The molecule has 2 heterocycles. The Labute approximate surface area is 135 Å². The first-order valence-electron chi connectivity index (χ1n) is 7.88. The van der Waals surface area contributed by atoms with Gasteiger partial charge in [0.25, 0.3) is 5.91 Å². The summed E-state index contributed by atoms with van der Waals surface area (Å²) in [5.41, 5.74) is 1.52. The molecular formula is C17H21N3O3. The van der Waals surface area contributed by atoms with Crippen LogP contribution in [0, 0.1) is 0 Å². The first kappa shape index (κ1) is 15.7. The van der Waals surface area contributed by atoms with Crippen LogP contribution < -0.4 is 0 Å². The monoisotopic (exact) mass is 315 g/mol. The fourth-order valence-electron chi connectivity index (χ4n) is 2.98. The summed E-state index contributed by atoms with van der Waals surface area (Å²) in [7, 11) is 1.59. The summed E-state index contributed by atoms with van der Waals surface area (Å²) >= 11 is 0. The Bertz CT molecular complexity index is 629. The van der Waals surface area contributed by atoms with Gasteiger partial charge in [0, 0.05) is 26.4 Å². The van der Waals surface area contributed by atoms with Crippen LogP contribution in [0.1, 0.15) is 31.4 Å². The molecule has 1 aromatic carbocycles. The second-order valence-corrected chi connectivity index (χ2v) is 6.02. The highest BCUT2D eigenvalue weighted by Gasteiger charge is 2.32. The highest BCUT2D eigenvalue weighted by Crippen LogP contribution is 2.25. The van der Waals surface area contributed by atoms with Crippen molar-refractivity contribution in [2.75, 3.05) is 20.1 Å². The average Bonchev–Trinajstić information content (AvgIpc) is 2.57. The van der Waals surface area contributed by atoms with E-state index in [0.29, 0.717) is 31.6 Å². The van der Waals surface area contributed by atoms with Crippen LogP contribution in [0.5, 0.6) is 0 Å². The second-order valence-electron chi connectivity index (χ2n) is 6.02. The van der Waals surface area contributed by atoms with Crippen LogP contribution >= 0.6 is 0 Å². The van der Waals surface area contributed by atoms with Crippen molar-refractivity contribution in [3.63, 3.8) is 0 Å². The predicted octanol–water partition coefficient (Wildman–Crippen LogP) is 1.58. The van der Waals surface area contributed by atoms with Crippen molar-refractivity contribution in [2.45, 2.75) is 32.0 Å². The van der Waals surface area contributed by atoms with E-state index in [4.69, 9.17) is 4.74 Å². The van der Waals surface area contributed by atoms with Crippen molar-refractivity contribution >= 4 is 17.5 Å². The van der Waals surface area contributed by atoms with Gasteiger partial charge >= 0.3 is 0 Å². The summed E-state index contributed by atoms with van der Waals surface area (Å²) in [6.07, 6.45) is 0.571. The summed E-state index contributed by atoms with van der Waals surface area (Å²) < 4.78 is 5.98. The minimum Gasteiger partial charge on any atom is -0.367 e. The maximum absolute atomic E-state index is 12.7. The Morgan fingerprint density at radius 2 is 1.96 bits per heavy atom. The van der Waals surface area contributed by atoms with Crippen LogP contribution in [0.15, 0.2) is 35.4 Å². The number of hydrazone groups is 1. The molecule has 0 saturated carbocycles. The van der Waals surface area contributed by atoms with Crippen molar-refractivity contribution in [3.05, 3.63) is 35.9 Å². The number of rotatable bonds is 2. The minimum absolute atomic E-state index is 0.0403. The predicted molar refractivity (Wildman–Crippen MR) is 85.7 cm³/mol. The molecule has 0 N–H and O–H groups in total. The molecule has 1 fully saturated rings. The summed E-state index contributed by atoms with van der Waals surface area (Å²) in [5.74, 6) is -0.153. The standard InChI is InChI=1S/C17H21N3O3/c1-12-10-20(11-15(23-12)13-6-4-3-5-7-13)17(22)14-8-9-16(21)19(2)18-14/h3-7,12,15H,8-11H2,1-2H3. The number of hydrogen-bond acceptors (Lipinski definition) is 4. The SMILES string of the molecule is CC1CN(C(=O)C2=NN(C)C(=O)CC2)CC(c2ccccc2)O1. The van der Waals surface area contributed by atoms with Gasteiger partial charge in [0.1, 0.15) is 11.8 Å². The summed E-state index contributed by atoms with van der Waals surface area (Å²) in [4.78, 5) is 26.0. The van der Waals surface area contributed by atoms with Crippen molar-refractivity contribution in [2.24, 2.45) is 5.10 Å². The molecule has 0 aromatic heterocycles. The van der Waals surface area contributed by atoms with Gasteiger partial charge in [-0.15, -0.1) is 0 Å². The number of benzene rings is 1. The quantitative estimate of drug-likeness (QED) is 0.832. The number of nitrogens with zero attached hydrogens (tertiary/aromatic N) is 3. The van der Waals surface area contributed by atoms with E-state index >= 15 is 0 Å². The highest BCUT2D eigenvalue weighted by atomic mass is 16.5. The van der Waals surface area contributed by atoms with Crippen LogP contribution in [0.25, 0.3) is 0 Å². The molecule has 2 aliphatic rings. The Hall–Kier alpha value is -2.21. The van der Waals surface area contributed by atoms with Gasteiger partial charge in [0.05, 0.1) is 12.6 Å². The number of carbonyl (C=O) groups excluding carboxylic acids is 2. The van der Waals surface area contributed by atoms with Crippen LogP contribution in [-0.4, -0.2) is 53.7 Å². The summed E-state index contributed by atoms with van der Waals surface area (Å²) in [6.45, 7) is 3.01. The van der Waals surface area contributed by atoms with E-state index in [9.17, 15) is 9.59 Å². The molecular weight excluding hydrogens is 294 g/mol. The molecule has 1 saturated heterocycles. The molecule has 3 rings (SSSR count). The van der Waals surface area contributed by atoms with Gasteiger partial charge in [-0.1, -0.05) is 30.3 Å². The van der Waals surface area contributed by atoms with E-state index in [0.717, 1.165) is 5.56 Å². The molecule has 6 heteroatoms. The van der Waals surface area contributed by atoms with E-state index in [1.807, 2.05) is 37.3 Å². The number of amides is 2. The third kappa shape index (κ3) is 3.42. The third-order valence-corrected chi connectivity index (χ3v) is 4.17. The molecule has 23 heavy (non-hydrogen) atoms. The number of hydrogen-bond donors (Lipinski definition) is 0. The zero-order valence-corrected chi connectivity index (χ0v) is 13.4. The molecule has 0 radical (unpaired) electrons. The van der Waals surface area contributed by atoms with E-state index in [2.05, 4.69) is 5.10 Å². The topological polar surface area (TPSA) is 62.2 Å². The lowest BCUT2D eigenvalue weighted by molar-refractivity contribution is -0.138. The third-order valence-electron chi connectivity index (χ3n) is 4.17. The first-order valence-corrected chi connectivity index (χ1v) is 7.88. The molecule has 122 valence electrons. The van der Waals surface area contributed by atoms with Crippen molar-refractivity contribution < 1.29 is 14.3 Å². The number of morpholine rings is 1. The van der Waals surface area contributed by atoms with Gasteiger partial charge in [-0.05, 0) is 12.5 Å². The molecule has 2 unspecified atom stereocenters. The van der Waals surface area contributed by atoms with Crippen molar-refractivity contribution in [1.82, 2.24) is 9.91 Å². The van der Waals surface area contributed by atoms with Gasteiger partial charge in [0.15, 0.2) is 0 Å². The maximum Gasteiger partial charge on any atom is 0.270 e. The summed E-state index contributed by atoms with van der Waals surface area (Å²) in [6, 6.07) is 9.92. The van der Waals surface area contributed by atoms with E-state index in [1.54, 1.807) is 11.9 Å². The Morgan fingerprint density at radius 1 is 1.22 bits per heavy atom. The highest BCUT2D eigenvalue weighted by molar-refractivity contribution is 6.39. The molecule has 0 aliphatic carbocycles. The summed E-state index contributed by atoms with van der Waals surface area (Å²) in [5, 5.41) is 5.39. The van der Waals surface area contributed by atoms with Crippen LogP contribution in [0.2, 0.25) is 0 Å². The fraction of sp³-hybridized carbons (Fsp3) is 0.471. The Balaban J connectivity index is 1.75. The molecule has 0 spiro atoms. The van der Waals surface area contributed by atoms with Crippen LogP contribution in [0.4, 0.5) is 0 Å². The van der Waals surface area contributed by atoms with Gasteiger partial charge in [-0.2, -0.15) is 5.10 Å². The zero-order chi connectivity index (χ0) is 16.4. The normalized spacial score (nSPS) is 25.3. The van der Waals surface area contributed by atoms with E-state index in [1.165, 1.54) is 5.01 Å². The smallest absolute Gasteiger partial charge is 0.270 e. The van der Waals surface area contributed by atoms with Crippen molar-refractivity contribution in [1.29, 1.82) is 0 Å². The van der Waals surface area contributed by atoms with Crippen LogP contribution in [-0.2, 0) is 14.3 Å². The Morgan fingerprint density at radius 3 is 2.65 bits per heavy atom. The lowest BCUT2D eigenvalue weighted by atomic mass is 10.1.